The Morgan fingerprint density at radius 3 is 2.64 bits per heavy atom. The Hall–Kier alpha value is -2.12. The Kier molecular flexibility index (Phi) is 9.79. The number of nitrogens with one attached hydrogen (secondary N) is 2. The van der Waals surface area contributed by atoms with E-state index in [1.807, 2.05) is 31.2 Å². The number of rotatable bonds is 11. The van der Waals surface area contributed by atoms with Gasteiger partial charge in [-0.15, -0.1) is 11.3 Å². The first-order valence-electron chi connectivity index (χ1n) is 9.79. The second-order valence-electron chi connectivity index (χ2n) is 6.68. The third-order valence-electron chi connectivity index (χ3n) is 4.04. The van der Waals surface area contributed by atoms with Gasteiger partial charge in [-0.1, -0.05) is 26.0 Å². The second kappa shape index (κ2) is 12.4. The molecule has 0 aliphatic heterocycles. The van der Waals surface area contributed by atoms with Gasteiger partial charge in [0, 0.05) is 31.1 Å². The van der Waals surface area contributed by atoms with Gasteiger partial charge < -0.3 is 20.1 Å². The average molecular weight is 405 g/mol. The molecule has 154 valence electrons. The van der Waals surface area contributed by atoms with Gasteiger partial charge in [0.1, 0.15) is 5.75 Å². The zero-order valence-corrected chi connectivity index (χ0v) is 18.1. The van der Waals surface area contributed by atoms with Crippen LogP contribution in [0.3, 0.4) is 0 Å². The van der Waals surface area contributed by atoms with Crippen LogP contribution < -0.4 is 15.4 Å². The van der Waals surface area contributed by atoms with Crippen molar-refractivity contribution in [3.05, 3.63) is 45.9 Å². The monoisotopic (exact) mass is 404 g/mol. The van der Waals surface area contributed by atoms with Crippen molar-refractivity contribution >= 4 is 17.3 Å². The fraction of sp³-hybridized carbons (Fsp3) is 0.524. The molecule has 0 aliphatic rings. The van der Waals surface area contributed by atoms with Crippen molar-refractivity contribution in [2.24, 2.45) is 4.99 Å². The normalized spacial score (nSPS) is 11.7. The highest BCUT2D eigenvalue weighted by molar-refractivity contribution is 7.09. The maximum absolute atomic E-state index is 5.40. The molecule has 1 aromatic carbocycles. The van der Waals surface area contributed by atoms with Crippen LogP contribution in [0, 0.1) is 0 Å². The molecular formula is C21H32N4O2S. The van der Waals surface area contributed by atoms with Gasteiger partial charge in [-0.25, -0.2) is 9.98 Å². The molecule has 28 heavy (non-hydrogen) atoms. The number of thiazole rings is 1. The maximum Gasteiger partial charge on any atom is 0.191 e. The van der Waals surface area contributed by atoms with Crippen molar-refractivity contribution in [3.63, 3.8) is 0 Å². The summed E-state index contributed by atoms with van der Waals surface area (Å²) in [5.41, 5.74) is 2.17. The van der Waals surface area contributed by atoms with E-state index in [2.05, 4.69) is 34.8 Å². The molecule has 6 nitrogen and oxygen atoms in total. The molecule has 0 atom stereocenters. The molecule has 0 bridgehead atoms. The summed E-state index contributed by atoms with van der Waals surface area (Å²) >= 11 is 1.71. The largest absolute Gasteiger partial charge is 0.497 e. The topological polar surface area (TPSA) is 67.8 Å². The highest BCUT2D eigenvalue weighted by Crippen LogP contribution is 2.19. The summed E-state index contributed by atoms with van der Waals surface area (Å²) in [6.45, 7) is 9.90. The van der Waals surface area contributed by atoms with Gasteiger partial charge in [0.2, 0.25) is 0 Å². The SMILES string of the molecule is CCOCCCNC(=NCc1ccc(OC)cc1)NCc1csc(C(C)C)n1. The maximum atomic E-state index is 5.40. The van der Waals surface area contributed by atoms with Crippen LogP contribution >= 0.6 is 11.3 Å². The predicted octanol–water partition coefficient (Wildman–Crippen LogP) is 3.94. The Morgan fingerprint density at radius 1 is 1.21 bits per heavy atom. The highest BCUT2D eigenvalue weighted by atomic mass is 32.1. The molecule has 0 radical (unpaired) electrons. The van der Waals surface area contributed by atoms with Gasteiger partial charge >= 0.3 is 0 Å². The number of hydrogen-bond donors (Lipinski definition) is 2. The first-order valence-corrected chi connectivity index (χ1v) is 10.7. The zero-order valence-electron chi connectivity index (χ0n) is 17.3. The number of aliphatic imine (C=N–C) groups is 1. The van der Waals surface area contributed by atoms with Gasteiger partial charge in [0.25, 0.3) is 0 Å². The quantitative estimate of drug-likeness (QED) is 0.337. The Bertz CT molecular complexity index is 713. The second-order valence-corrected chi connectivity index (χ2v) is 7.57. The van der Waals surface area contributed by atoms with Crippen LogP contribution in [0.4, 0.5) is 0 Å². The Morgan fingerprint density at radius 2 is 2.00 bits per heavy atom. The number of methoxy groups -OCH3 is 1. The zero-order chi connectivity index (χ0) is 20.2. The molecule has 0 aliphatic carbocycles. The fourth-order valence-corrected chi connectivity index (χ4v) is 3.28. The van der Waals surface area contributed by atoms with Gasteiger partial charge in [0.05, 0.1) is 30.9 Å². The van der Waals surface area contributed by atoms with Gasteiger partial charge in [-0.05, 0) is 31.0 Å². The van der Waals surface area contributed by atoms with Crippen LogP contribution in [0.2, 0.25) is 0 Å². The van der Waals surface area contributed by atoms with Crippen LogP contribution in [0.5, 0.6) is 5.75 Å². The number of guanidine groups is 1. The number of aromatic nitrogens is 1. The van der Waals surface area contributed by atoms with Crippen LogP contribution in [-0.4, -0.2) is 37.8 Å². The van der Waals surface area contributed by atoms with E-state index in [0.717, 1.165) is 54.2 Å². The molecular weight excluding hydrogens is 372 g/mol. The summed E-state index contributed by atoms with van der Waals surface area (Å²) in [6.07, 6.45) is 0.936. The van der Waals surface area contributed by atoms with E-state index in [1.165, 1.54) is 0 Å². The number of nitrogens with zero attached hydrogens (tertiary/aromatic N) is 2. The lowest BCUT2D eigenvalue weighted by molar-refractivity contribution is 0.145. The van der Waals surface area contributed by atoms with E-state index >= 15 is 0 Å². The molecule has 0 spiro atoms. The van der Waals surface area contributed by atoms with E-state index in [1.54, 1.807) is 18.4 Å². The van der Waals surface area contributed by atoms with Crippen LogP contribution in [0.25, 0.3) is 0 Å². The molecule has 2 aromatic rings. The van der Waals surface area contributed by atoms with Crippen LogP contribution in [0.1, 0.15) is 49.4 Å². The molecule has 0 unspecified atom stereocenters. The summed E-state index contributed by atoms with van der Waals surface area (Å²) in [7, 11) is 1.67. The molecule has 0 amide bonds. The standard InChI is InChI=1S/C21H32N4O2S/c1-5-27-12-6-11-22-21(23-13-17-7-9-19(26-4)10-8-17)24-14-18-15-28-20(25-18)16(2)3/h7-10,15-16H,5-6,11-14H2,1-4H3,(H2,22,23,24). The first kappa shape index (κ1) is 22.2. The molecule has 1 heterocycles. The van der Waals surface area contributed by atoms with Crippen molar-refractivity contribution in [1.82, 2.24) is 15.6 Å². The summed E-state index contributed by atoms with van der Waals surface area (Å²) in [5.74, 6) is 2.09. The minimum Gasteiger partial charge on any atom is -0.497 e. The highest BCUT2D eigenvalue weighted by Gasteiger charge is 2.07. The average Bonchev–Trinajstić information content (AvgIpc) is 3.19. The number of ether oxygens (including phenoxy) is 2. The summed E-state index contributed by atoms with van der Waals surface area (Å²) in [6, 6.07) is 7.97. The molecule has 7 heteroatoms. The molecule has 2 rings (SSSR count). The molecule has 0 fully saturated rings. The minimum atomic E-state index is 0.457. The predicted molar refractivity (Wildman–Crippen MR) is 116 cm³/mol. The Balaban J connectivity index is 1.93. The lowest BCUT2D eigenvalue weighted by atomic mass is 10.2. The van der Waals surface area contributed by atoms with Crippen molar-refractivity contribution < 1.29 is 9.47 Å². The lowest BCUT2D eigenvalue weighted by Crippen LogP contribution is -2.38. The smallest absolute Gasteiger partial charge is 0.191 e. The number of hydrogen-bond acceptors (Lipinski definition) is 5. The summed E-state index contributed by atoms with van der Waals surface area (Å²) < 4.78 is 10.6. The van der Waals surface area contributed by atoms with Crippen LogP contribution in [-0.2, 0) is 17.8 Å². The summed E-state index contributed by atoms with van der Waals surface area (Å²) in [5, 5.41) is 10.0. The van der Waals surface area contributed by atoms with Gasteiger partial charge in [0.15, 0.2) is 5.96 Å². The van der Waals surface area contributed by atoms with E-state index in [0.29, 0.717) is 19.0 Å². The van der Waals surface area contributed by atoms with E-state index in [9.17, 15) is 0 Å². The summed E-state index contributed by atoms with van der Waals surface area (Å²) in [4.78, 5) is 9.39. The van der Waals surface area contributed by atoms with E-state index < -0.39 is 0 Å². The van der Waals surface area contributed by atoms with Crippen molar-refractivity contribution in [2.45, 2.75) is 46.2 Å². The third-order valence-corrected chi connectivity index (χ3v) is 5.24. The molecule has 1 aromatic heterocycles. The third kappa shape index (κ3) is 7.86. The lowest BCUT2D eigenvalue weighted by Gasteiger charge is -2.12. The minimum absolute atomic E-state index is 0.457. The fourth-order valence-electron chi connectivity index (χ4n) is 2.44. The van der Waals surface area contributed by atoms with Crippen molar-refractivity contribution in [3.8, 4) is 5.75 Å². The van der Waals surface area contributed by atoms with E-state index in [4.69, 9.17) is 14.5 Å². The van der Waals surface area contributed by atoms with Gasteiger partial charge in [-0.2, -0.15) is 0 Å². The molecule has 2 N–H and O–H groups in total. The van der Waals surface area contributed by atoms with Gasteiger partial charge in [-0.3, -0.25) is 0 Å². The number of benzene rings is 1. The van der Waals surface area contributed by atoms with Crippen molar-refractivity contribution in [1.29, 1.82) is 0 Å². The van der Waals surface area contributed by atoms with Crippen LogP contribution in [0.15, 0.2) is 34.6 Å². The van der Waals surface area contributed by atoms with Crippen molar-refractivity contribution in [2.75, 3.05) is 26.9 Å². The molecule has 0 saturated carbocycles. The Labute approximate surface area is 172 Å². The first-order chi connectivity index (χ1) is 13.6. The molecule has 0 saturated heterocycles. The van der Waals surface area contributed by atoms with E-state index in [-0.39, 0.29) is 0 Å².